The zero-order valence-electron chi connectivity index (χ0n) is 26.6. The highest BCUT2D eigenvalue weighted by Gasteiger charge is 2.24. The first-order chi connectivity index (χ1) is 23.2. The number of carbonyl (C=O) groups excluding carboxylic acids is 2. The third kappa shape index (κ3) is 4.37. The molecule has 48 heavy (non-hydrogen) atoms. The predicted molar refractivity (Wildman–Crippen MR) is 198 cm³/mol. The van der Waals surface area contributed by atoms with Crippen molar-refractivity contribution in [2.75, 3.05) is 0 Å². The minimum atomic E-state index is -0.334. The van der Waals surface area contributed by atoms with Crippen LogP contribution in [0.15, 0.2) is 97.1 Å². The molecule has 0 amide bonds. The second-order valence-electron chi connectivity index (χ2n) is 12.3. The van der Waals surface area contributed by atoms with Gasteiger partial charge in [0.25, 0.3) is 0 Å². The monoisotopic (exact) mass is 664 g/mol. The SMILES string of the molecule is CC(=O)Oc1ccc2c(c1)sc1c3cc4c(cc3n(-c3ccc(C)cc3)c21)c1sc2cc(OC(C)=O)ccc2c1n4-c1ccc(C)cc1. The van der Waals surface area contributed by atoms with Gasteiger partial charge in [-0.2, -0.15) is 0 Å². The number of rotatable bonds is 4. The maximum Gasteiger partial charge on any atom is 0.308 e. The Balaban J connectivity index is 1.42. The number of thiophene rings is 2. The molecule has 0 atom stereocenters. The molecular weight excluding hydrogens is 637 g/mol. The van der Waals surface area contributed by atoms with E-state index < -0.39 is 0 Å². The van der Waals surface area contributed by atoms with E-state index in [4.69, 9.17) is 9.47 Å². The molecule has 0 fully saturated rings. The van der Waals surface area contributed by atoms with Crippen molar-refractivity contribution in [3.63, 3.8) is 0 Å². The number of carbonyl (C=O) groups is 2. The van der Waals surface area contributed by atoms with Crippen LogP contribution < -0.4 is 9.47 Å². The highest BCUT2D eigenvalue weighted by molar-refractivity contribution is 7.27. The van der Waals surface area contributed by atoms with E-state index in [1.807, 2.05) is 24.3 Å². The standard InChI is InChI=1S/C40H28N2O4S2/c1-21-5-9-25(10-6-21)41-33-19-32-34(20-31(33)39-37(41)29-15-13-27(45-23(3)43)17-35(29)47-39)42(26-11-7-22(2)8-12-26)38-30-16-14-28(46-24(4)44)18-36(30)48-40(32)38/h5-20H,1-4H3. The lowest BCUT2D eigenvalue weighted by Gasteiger charge is -2.11. The number of hydrogen-bond acceptors (Lipinski definition) is 6. The number of ether oxygens (including phenoxy) is 2. The summed E-state index contributed by atoms with van der Waals surface area (Å²) in [5, 5.41) is 4.54. The summed E-state index contributed by atoms with van der Waals surface area (Å²) in [7, 11) is 0. The zero-order chi connectivity index (χ0) is 32.8. The molecule has 0 bridgehead atoms. The van der Waals surface area contributed by atoms with Crippen LogP contribution in [0.4, 0.5) is 0 Å². The molecule has 9 aromatic rings. The van der Waals surface area contributed by atoms with Crippen LogP contribution in [0.3, 0.4) is 0 Å². The summed E-state index contributed by atoms with van der Waals surface area (Å²) in [6.07, 6.45) is 0. The lowest BCUT2D eigenvalue weighted by Crippen LogP contribution is -2.00. The average molecular weight is 665 g/mol. The largest absolute Gasteiger partial charge is 0.427 e. The minimum Gasteiger partial charge on any atom is -0.427 e. The van der Waals surface area contributed by atoms with Gasteiger partial charge in [-0.3, -0.25) is 9.59 Å². The minimum absolute atomic E-state index is 0.334. The third-order valence-electron chi connectivity index (χ3n) is 8.91. The number of nitrogens with zero attached hydrogens (tertiary/aromatic N) is 2. The molecule has 0 N–H and O–H groups in total. The van der Waals surface area contributed by atoms with Gasteiger partial charge in [-0.1, -0.05) is 35.4 Å². The maximum absolute atomic E-state index is 11.8. The van der Waals surface area contributed by atoms with Crippen molar-refractivity contribution in [1.82, 2.24) is 9.13 Å². The zero-order valence-corrected chi connectivity index (χ0v) is 28.2. The van der Waals surface area contributed by atoms with Crippen molar-refractivity contribution in [2.24, 2.45) is 0 Å². The molecule has 5 aromatic carbocycles. The molecule has 0 saturated heterocycles. The molecule has 0 unspecified atom stereocenters. The van der Waals surface area contributed by atoms with Crippen LogP contribution in [-0.2, 0) is 9.59 Å². The summed E-state index contributed by atoms with van der Waals surface area (Å²) in [5.74, 6) is 0.424. The van der Waals surface area contributed by atoms with Gasteiger partial charge >= 0.3 is 11.9 Å². The Morgan fingerprint density at radius 2 is 0.917 bits per heavy atom. The summed E-state index contributed by atoms with van der Waals surface area (Å²) in [6, 6.07) is 33.8. The molecule has 0 aliphatic rings. The lowest BCUT2D eigenvalue weighted by molar-refractivity contribution is -0.132. The summed E-state index contributed by atoms with van der Waals surface area (Å²) in [6.45, 7) is 7.06. The van der Waals surface area contributed by atoms with Gasteiger partial charge in [0.2, 0.25) is 0 Å². The second kappa shape index (κ2) is 10.5. The summed E-state index contributed by atoms with van der Waals surface area (Å²) < 4.78 is 20.1. The Labute approximate surface area is 282 Å². The highest BCUT2D eigenvalue weighted by Crippen LogP contribution is 2.48. The third-order valence-corrected chi connectivity index (χ3v) is 11.3. The number of esters is 2. The van der Waals surface area contributed by atoms with Gasteiger partial charge in [0, 0.05) is 56.2 Å². The summed E-state index contributed by atoms with van der Waals surface area (Å²) in [4.78, 5) is 23.5. The maximum atomic E-state index is 11.8. The first-order valence-electron chi connectivity index (χ1n) is 15.7. The second-order valence-corrected chi connectivity index (χ2v) is 14.4. The molecule has 0 radical (unpaired) electrons. The molecule has 8 heteroatoms. The smallest absolute Gasteiger partial charge is 0.308 e. The van der Waals surface area contributed by atoms with Crippen LogP contribution in [0.5, 0.6) is 11.5 Å². The Bertz CT molecular complexity index is 2600. The van der Waals surface area contributed by atoms with Gasteiger partial charge < -0.3 is 18.6 Å². The van der Waals surface area contributed by atoms with Gasteiger partial charge in [-0.05, 0) is 86.6 Å². The van der Waals surface area contributed by atoms with Crippen molar-refractivity contribution in [2.45, 2.75) is 27.7 Å². The molecule has 0 spiro atoms. The molecular formula is C40H28N2O4S2. The molecule has 0 saturated carbocycles. The van der Waals surface area contributed by atoms with Crippen LogP contribution in [0.25, 0.3) is 73.8 Å². The summed E-state index contributed by atoms with van der Waals surface area (Å²) >= 11 is 3.44. The van der Waals surface area contributed by atoms with E-state index >= 15 is 0 Å². The van der Waals surface area contributed by atoms with Crippen LogP contribution in [0.1, 0.15) is 25.0 Å². The van der Waals surface area contributed by atoms with Crippen molar-refractivity contribution in [1.29, 1.82) is 0 Å². The first kappa shape index (κ1) is 28.8. The van der Waals surface area contributed by atoms with E-state index in [-0.39, 0.29) is 11.9 Å². The van der Waals surface area contributed by atoms with E-state index in [1.54, 1.807) is 22.7 Å². The first-order valence-corrected chi connectivity index (χ1v) is 17.3. The number of fused-ring (bicyclic) bond motifs is 10. The van der Waals surface area contributed by atoms with Crippen molar-refractivity contribution in [3.05, 3.63) is 108 Å². The number of benzene rings is 5. The molecule has 9 rings (SSSR count). The van der Waals surface area contributed by atoms with E-state index in [0.717, 1.165) is 64.4 Å². The Morgan fingerprint density at radius 3 is 1.29 bits per heavy atom. The van der Waals surface area contributed by atoms with E-state index in [2.05, 4.69) is 95.8 Å². The van der Waals surface area contributed by atoms with Gasteiger partial charge in [0.15, 0.2) is 0 Å². The van der Waals surface area contributed by atoms with Crippen molar-refractivity contribution >= 4 is 97.0 Å². The van der Waals surface area contributed by atoms with Gasteiger partial charge in [0.05, 0.1) is 31.5 Å². The Kier molecular flexibility index (Phi) is 6.31. The average Bonchev–Trinajstić information content (AvgIpc) is 3.77. The van der Waals surface area contributed by atoms with Crippen LogP contribution >= 0.6 is 22.7 Å². The van der Waals surface area contributed by atoms with Gasteiger partial charge in [0.1, 0.15) is 11.5 Å². The van der Waals surface area contributed by atoms with Gasteiger partial charge in [-0.25, -0.2) is 0 Å². The fraction of sp³-hybridized carbons (Fsp3) is 0.100. The molecule has 234 valence electrons. The fourth-order valence-electron chi connectivity index (χ4n) is 6.87. The number of hydrogen-bond donors (Lipinski definition) is 0. The predicted octanol–water partition coefficient (Wildman–Crippen LogP) is 10.8. The van der Waals surface area contributed by atoms with E-state index in [1.165, 1.54) is 34.4 Å². The van der Waals surface area contributed by atoms with Gasteiger partial charge in [-0.15, -0.1) is 22.7 Å². The molecule has 4 aromatic heterocycles. The van der Waals surface area contributed by atoms with Crippen LogP contribution in [0, 0.1) is 13.8 Å². The number of aromatic nitrogens is 2. The lowest BCUT2D eigenvalue weighted by atomic mass is 10.1. The van der Waals surface area contributed by atoms with Crippen LogP contribution in [-0.4, -0.2) is 21.1 Å². The van der Waals surface area contributed by atoms with E-state index in [0.29, 0.717) is 11.5 Å². The van der Waals surface area contributed by atoms with E-state index in [9.17, 15) is 9.59 Å². The number of aryl methyl sites for hydroxylation is 2. The van der Waals surface area contributed by atoms with Crippen molar-refractivity contribution in [3.8, 4) is 22.9 Å². The molecule has 4 heterocycles. The Morgan fingerprint density at radius 1 is 0.521 bits per heavy atom. The quantitative estimate of drug-likeness (QED) is 0.139. The fourth-order valence-corrected chi connectivity index (χ4v) is 9.35. The molecule has 0 aliphatic carbocycles. The highest BCUT2D eigenvalue weighted by atomic mass is 32.1. The van der Waals surface area contributed by atoms with Crippen LogP contribution in [0.2, 0.25) is 0 Å². The van der Waals surface area contributed by atoms with Crippen molar-refractivity contribution < 1.29 is 19.1 Å². The summed E-state index contributed by atoms with van der Waals surface area (Å²) in [5.41, 5.74) is 9.09. The topological polar surface area (TPSA) is 62.5 Å². The normalized spacial score (nSPS) is 11.9. The Hall–Kier alpha value is -5.44. The molecule has 0 aliphatic heterocycles. The molecule has 6 nitrogen and oxygen atoms in total.